The van der Waals surface area contributed by atoms with Crippen molar-refractivity contribution < 1.29 is 4.74 Å². The van der Waals surface area contributed by atoms with Gasteiger partial charge >= 0.3 is 0 Å². The molecular weight excluding hydrogens is 250 g/mol. The topological polar surface area (TPSA) is 47.0 Å². The van der Waals surface area contributed by atoms with E-state index < -0.39 is 0 Å². The summed E-state index contributed by atoms with van der Waals surface area (Å²) in [5.74, 6) is 1.16. The summed E-state index contributed by atoms with van der Waals surface area (Å²) in [7, 11) is 0. The van der Waals surface area contributed by atoms with E-state index in [1.54, 1.807) is 6.20 Å². The van der Waals surface area contributed by atoms with Crippen LogP contribution in [0, 0.1) is 12.8 Å². The van der Waals surface area contributed by atoms with E-state index in [1.807, 2.05) is 19.1 Å². The van der Waals surface area contributed by atoms with Gasteiger partial charge in [-0.15, -0.1) is 0 Å². The van der Waals surface area contributed by atoms with Gasteiger partial charge in [0.05, 0.1) is 6.10 Å². The second-order valence-electron chi connectivity index (χ2n) is 5.15. The zero-order valence-electron chi connectivity index (χ0n) is 11.6. The van der Waals surface area contributed by atoms with E-state index in [1.165, 1.54) is 5.56 Å². The molecule has 2 heterocycles. The molecule has 1 N–H and O–H groups in total. The molecule has 0 amide bonds. The normalized spacial score (nSPS) is 21.9. The van der Waals surface area contributed by atoms with Gasteiger partial charge in [-0.05, 0) is 25.0 Å². The predicted octanol–water partition coefficient (Wildman–Crippen LogP) is 2.97. The van der Waals surface area contributed by atoms with Crippen molar-refractivity contribution in [1.29, 1.82) is 0 Å². The number of hydrogen-bond donors (Lipinski definition) is 1. The molecule has 0 radical (unpaired) electrons. The van der Waals surface area contributed by atoms with Crippen LogP contribution in [0.15, 0.2) is 42.6 Å². The number of benzene rings is 1. The van der Waals surface area contributed by atoms with E-state index in [0.717, 1.165) is 25.3 Å². The lowest BCUT2D eigenvalue weighted by Gasteiger charge is -2.19. The fraction of sp³-hybridized carbons (Fsp3) is 0.375. The molecule has 0 bridgehead atoms. The van der Waals surface area contributed by atoms with Crippen molar-refractivity contribution in [1.82, 2.24) is 9.97 Å². The third-order valence-electron chi connectivity index (χ3n) is 3.66. The Labute approximate surface area is 119 Å². The molecule has 1 fully saturated rings. The van der Waals surface area contributed by atoms with Gasteiger partial charge in [0, 0.05) is 31.0 Å². The minimum atomic E-state index is 0.175. The molecule has 0 unspecified atom stereocenters. The third-order valence-corrected chi connectivity index (χ3v) is 3.66. The molecule has 1 aromatic carbocycles. The minimum Gasteiger partial charge on any atom is -0.373 e. The number of nitrogens with one attached hydrogen (secondary N) is 1. The maximum atomic E-state index is 5.88. The Morgan fingerprint density at radius 2 is 2.10 bits per heavy atom. The molecular formula is C16H19N3O. The first kappa shape index (κ1) is 13.1. The van der Waals surface area contributed by atoms with Crippen molar-refractivity contribution in [3.05, 3.63) is 53.9 Å². The molecule has 4 heteroatoms. The van der Waals surface area contributed by atoms with Gasteiger partial charge in [-0.25, -0.2) is 9.97 Å². The lowest BCUT2D eigenvalue weighted by atomic mass is 9.95. The van der Waals surface area contributed by atoms with Gasteiger partial charge in [-0.2, -0.15) is 0 Å². The van der Waals surface area contributed by atoms with Crippen molar-refractivity contribution in [2.45, 2.75) is 19.4 Å². The van der Waals surface area contributed by atoms with Crippen LogP contribution in [0.4, 0.5) is 5.95 Å². The fourth-order valence-electron chi connectivity index (χ4n) is 2.61. The van der Waals surface area contributed by atoms with Crippen molar-refractivity contribution >= 4 is 5.95 Å². The highest BCUT2D eigenvalue weighted by atomic mass is 16.5. The van der Waals surface area contributed by atoms with Crippen LogP contribution >= 0.6 is 0 Å². The Balaban J connectivity index is 1.65. The zero-order chi connectivity index (χ0) is 13.8. The second kappa shape index (κ2) is 6.01. The molecule has 1 aliphatic rings. The van der Waals surface area contributed by atoms with Crippen molar-refractivity contribution in [3.8, 4) is 0 Å². The molecule has 3 rings (SSSR count). The maximum absolute atomic E-state index is 5.88. The Hall–Kier alpha value is -1.94. The van der Waals surface area contributed by atoms with Gasteiger partial charge in [0.15, 0.2) is 0 Å². The molecule has 0 saturated carbocycles. The number of anilines is 1. The van der Waals surface area contributed by atoms with E-state index in [0.29, 0.717) is 11.9 Å². The first-order valence-corrected chi connectivity index (χ1v) is 7.03. The van der Waals surface area contributed by atoms with Crippen molar-refractivity contribution in [3.63, 3.8) is 0 Å². The van der Waals surface area contributed by atoms with E-state index in [9.17, 15) is 0 Å². The van der Waals surface area contributed by atoms with Gasteiger partial charge in [-0.3, -0.25) is 0 Å². The molecule has 20 heavy (non-hydrogen) atoms. The molecule has 2 atom stereocenters. The van der Waals surface area contributed by atoms with Crippen LogP contribution in [0.25, 0.3) is 0 Å². The molecule has 104 valence electrons. The van der Waals surface area contributed by atoms with Gasteiger partial charge in [0.25, 0.3) is 0 Å². The largest absolute Gasteiger partial charge is 0.373 e. The highest BCUT2D eigenvalue weighted by Crippen LogP contribution is 2.34. The molecule has 0 spiro atoms. The standard InChI is InChI=1S/C16H19N3O/c1-12-7-9-17-16(19-12)18-11-14-8-10-20-15(14)13-5-3-2-4-6-13/h2-7,9,14-15H,8,10-11H2,1H3,(H,17,18,19)/t14-,15-/m1/s1. The van der Waals surface area contributed by atoms with Crippen LogP contribution in [0.3, 0.4) is 0 Å². The Morgan fingerprint density at radius 3 is 2.90 bits per heavy atom. The molecule has 1 saturated heterocycles. The minimum absolute atomic E-state index is 0.175. The van der Waals surface area contributed by atoms with Crippen LogP contribution in [-0.2, 0) is 4.74 Å². The number of nitrogens with zero attached hydrogens (tertiary/aromatic N) is 2. The van der Waals surface area contributed by atoms with Crippen LogP contribution in [0.2, 0.25) is 0 Å². The second-order valence-corrected chi connectivity index (χ2v) is 5.15. The first-order valence-electron chi connectivity index (χ1n) is 7.03. The summed E-state index contributed by atoms with van der Waals surface area (Å²) in [6.07, 6.45) is 3.02. The summed E-state index contributed by atoms with van der Waals surface area (Å²) in [5.41, 5.74) is 2.23. The van der Waals surface area contributed by atoms with Crippen molar-refractivity contribution in [2.75, 3.05) is 18.5 Å². The van der Waals surface area contributed by atoms with Gasteiger partial charge in [-0.1, -0.05) is 30.3 Å². The SMILES string of the molecule is Cc1ccnc(NC[C@H]2CCO[C@@H]2c2ccccc2)n1. The smallest absolute Gasteiger partial charge is 0.222 e. The Bertz CT molecular complexity index is 559. The molecule has 1 aliphatic heterocycles. The van der Waals surface area contributed by atoms with E-state index in [-0.39, 0.29) is 6.10 Å². The number of aryl methyl sites for hydroxylation is 1. The lowest BCUT2D eigenvalue weighted by molar-refractivity contribution is 0.0933. The van der Waals surface area contributed by atoms with Gasteiger partial charge < -0.3 is 10.1 Å². The van der Waals surface area contributed by atoms with Crippen LogP contribution in [0.1, 0.15) is 23.8 Å². The lowest BCUT2D eigenvalue weighted by Crippen LogP contribution is -2.19. The number of ether oxygens (including phenoxy) is 1. The van der Waals surface area contributed by atoms with E-state index >= 15 is 0 Å². The van der Waals surface area contributed by atoms with E-state index in [2.05, 4.69) is 39.6 Å². The quantitative estimate of drug-likeness (QED) is 0.927. The number of aromatic nitrogens is 2. The number of rotatable bonds is 4. The molecule has 4 nitrogen and oxygen atoms in total. The average molecular weight is 269 g/mol. The first-order chi connectivity index (χ1) is 9.83. The van der Waals surface area contributed by atoms with Crippen molar-refractivity contribution in [2.24, 2.45) is 5.92 Å². The Morgan fingerprint density at radius 1 is 1.25 bits per heavy atom. The highest BCUT2D eigenvalue weighted by molar-refractivity contribution is 5.26. The summed E-state index contributed by atoms with van der Waals surface area (Å²) in [6.45, 7) is 3.63. The van der Waals surface area contributed by atoms with Crippen LogP contribution in [-0.4, -0.2) is 23.1 Å². The van der Waals surface area contributed by atoms with Gasteiger partial charge in [0.2, 0.25) is 5.95 Å². The summed E-state index contributed by atoms with van der Waals surface area (Å²) >= 11 is 0. The Kier molecular flexibility index (Phi) is 3.92. The molecule has 2 aromatic rings. The van der Waals surface area contributed by atoms with Gasteiger partial charge in [0.1, 0.15) is 0 Å². The summed E-state index contributed by atoms with van der Waals surface area (Å²) < 4.78 is 5.88. The maximum Gasteiger partial charge on any atom is 0.222 e. The molecule has 1 aromatic heterocycles. The third kappa shape index (κ3) is 2.96. The van der Waals surface area contributed by atoms with E-state index in [4.69, 9.17) is 4.74 Å². The fourth-order valence-corrected chi connectivity index (χ4v) is 2.61. The molecule has 0 aliphatic carbocycles. The predicted molar refractivity (Wildman–Crippen MR) is 78.5 cm³/mol. The average Bonchev–Trinajstić information content (AvgIpc) is 2.95. The van der Waals surface area contributed by atoms with Crippen LogP contribution in [0.5, 0.6) is 0 Å². The summed E-state index contributed by atoms with van der Waals surface area (Å²) in [4.78, 5) is 8.60. The number of hydrogen-bond acceptors (Lipinski definition) is 4. The summed E-state index contributed by atoms with van der Waals surface area (Å²) in [5, 5.41) is 3.32. The van der Waals surface area contributed by atoms with Crippen LogP contribution < -0.4 is 5.32 Å². The zero-order valence-corrected chi connectivity index (χ0v) is 11.6. The summed E-state index contributed by atoms with van der Waals surface area (Å²) in [6, 6.07) is 12.3. The highest BCUT2D eigenvalue weighted by Gasteiger charge is 2.29. The monoisotopic (exact) mass is 269 g/mol.